The normalized spacial score (nSPS) is 13.4. The van der Waals surface area contributed by atoms with E-state index in [4.69, 9.17) is 5.73 Å². The van der Waals surface area contributed by atoms with Crippen LogP contribution in [-0.2, 0) is 18.1 Å². The number of carbonyl (C=O) groups is 1. The van der Waals surface area contributed by atoms with Crippen molar-refractivity contribution in [3.05, 3.63) is 95.4 Å². The van der Waals surface area contributed by atoms with Crippen molar-refractivity contribution < 1.29 is 23.1 Å². The second kappa shape index (κ2) is 8.66. The van der Waals surface area contributed by atoms with E-state index in [-0.39, 0.29) is 23.6 Å². The van der Waals surface area contributed by atoms with Gasteiger partial charge in [0.2, 0.25) is 0 Å². The number of halogens is 3. The zero-order valence-corrected chi connectivity index (χ0v) is 18.1. The second-order valence-electron chi connectivity index (χ2n) is 8.20. The average Bonchev–Trinajstić information content (AvgIpc) is 2.78. The molecule has 0 bridgehead atoms. The Kier molecular flexibility index (Phi) is 5.87. The van der Waals surface area contributed by atoms with Crippen LogP contribution in [0.5, 0.6) is 5.75 Å². The van der Waals surface area contributed by atoms with Crippen molar-refractivity contribution in [2.24, 2.45) is 0 Å². The summed E-state index contributed by atoms with van der Waals surface area (Å²) in [5.41, 5.74) is 5.30. The molecule has 9 heteroatoms. The molecule has 6 nitrogen and oxygen atoms in total. The third kappa shape index (κ3) is 4.78. The molecule has 2 heterocycles. The standard InChI is InChI=1S/C25H21F3N4O2/c1-24(13-15-4-2-6-19(33)10-15,22-20(29)12-18(14-31-22)25(26,27)28)32-23(34)17-7-8-21-16(11-17)5-3-9-30-21/h2-12,14,33H,13,29H2,1H3,(H,32,34). The topological polar surface area (TPSA) is 101 Å². The van der Waals surface area contributed by atoms with Crippen LogP contribution in [0.1, 0.15) is 34.1 Å². The number of aromatic hydroxyl groups is 1. The van der Waals surface area contributed by atoms with E-state index in [0.717, 1.165) is 17.0 Å². The van der Waals surface area contributed by atoms with Crippen LogP contribution in [-0.4, -0.2) is 21.0 Å². The Morgan fingerprint density at radius 2 is 1.85 bits per heavy atom. The number of alkyl halides is 3. The van der Waals surface area contributed by atoms with Crippen LogP contribution >= 0.6 is 0 Å². The molecular weight excluding hydrogens is 445 g/mol. The molecule has 2 aromatic carbocycles. The van der Waals surface area contributed by atoms with Crippen molar-refractivity contribution in [2.75, 3.05) is 5.73 Å². The molecular formula is C25H21F3N4O2. The molecule has 0 aliphatic carbocycles. The number of nitrogens with one attached hydrogen (secondary N) is 1. The van der Waals surface area contributed by atoms with E-state index >= 15 is 0 Å². The number of fused-ring (bicyclic) bond motifs is 1. The number of carbonyl (C=O) groups excluding carboxylic acids is 1. The fourth-order valence-electron chi connectivity index (χ4n) is 3.90. The number of rotatable bonds is 5. The molecule has 0 saturated carbocycles. The summed E-state index contributed by atoms with van der Waals surface area (Å²) in [4.78, 5) is 21.5. The summed E-state index contributed by atoms with van der Waals surface area (Å²) in [5, 5.41) is 13.5. The zero-order valence-electron chi connectivity index (χ0n) is 18.1. The van der Waals surface area contributed by atoms with E-state index in [9.17, 15) is 23.1 Å². The summed E-state index contributed by atoms with van der Waals surface area (Å²) in [6, 6.07) is 15.7. The lowest BCUT2D eigenvalue weighted by Gasteiger charge is -2.32. The van der Waals surface area contributed by atoms with Gasteiger partial charge in [0.15, 0.2) is 0 Å². The number of pyridine rings is 2. The molecule has 4 aromatic rings. The fraction of sp³-hybridized carbons (Fsp3) is 0.160. The Labute approximate surface area is 193 Å². The summed E-state index contributed by atoms with van der Waals surface area (Å²) in [6.45, 7) is 1.63. The minimum absolute atomic E-state index is 0.0153. The number of hydrogen-bond acceptors (Lipinski definition) is 5. The molecule has 0 fully saturated rings. The minimum Gasteiger partial charge on any atom is -0.508 e. The van der Waals surface area contributed by atoms with E-state index in [1.54, 1.807) is 49.5 Å². The van der Waals surface area contributed by atoms with Crippen LogP contribution in [0.2, 0.25) is 0 Å². The molecule has 4 rings (SSSR count). The summed E-state index contributed by atoms with van der Waals surface area (Å²) < 4.78 is 39.4. The first-order valence-corrected chi connectivity index (χ1v) is 10.3. The number of nitrogens with zero attached hydrogens (tertiary/aromatic N) is 2. The Morgan fingerprint density at radius 1 is 1.06 bits per heavy atom. The summed E-state index contributed by atoms with van der Waals surface area (Å²) in [7, 11) is 0. The van der Waals surface area contributed by atoms with Crippen LogP contribution < -0.4 is 11.1 Å². The smallest absolute Gasteiger partial charge is 0.417 e. The molecule has 1 amide bonds. The van der Waals surface area contributed by atoms with Crippen molar-refractivity contribution in [3.63, 3.8) is 0 Å². The minimum atomic E-state index is -4.61. The van der Waals surface area contributed by atoms with Crippen molar-refractivity contribution >= 4 is 22.5 Å². The van der Waals surface area contributed by atoms with Crippen LogP contribution in [0, 0.1) is 0 Å². The van der Waals surface area contributed by atoms with E-state index < -0.39 is 23.2 Å². The maximum atomic E-state index is 13.2. The van der Waals surface area contributed by atoms with Crippen molar-refractivity contribution in [1.29, 1.82) is 0 Å². The van der Waals surface area contributed by atoms with Gasteiger partial charge in [0.1, 0.15) is 5.75 Å². The van der Waals surface area contributed by atoms with Crippen LogP contribution in [0.4, 0.5) is 18.9 Å². The van der Waals surface area contributed by atoms with Crippen molar-refractivity contribution in [1.82, 2.24) is 15.3 Å². The molecule has 0 spiro atoms. The third-order valence-electron chi connectivity index (χ3n) is 5.49. The highest BCUT2D eigenvalue weighted by atomic mass is 19.4. The summed E-state index contributed by atoms with van der Waals surface area (Å²) in [5.74, 6) is -0.448. The molecule has 34 heavy (non-hydrogen) atoms. The first-order valence-electron chi connectivity index (χ1n) is 10.3. The van der Waals surface area contributed by atoms with Gasteiger partial charge in [-0.2, -0.15) is 13.2 Å². The average molecular weight is 466 g/mol. The highest BCUT2D eigenvalue weighted by Crippen LogP contribution is 2.35. The lowest BCUT2D eigenvalue weighted by molar-refractivity contribution is -0.137. The maximum absolute atomic E-state index is 13.2. The SMILES string of the molecule is CC(Cc1cccc(O)c1)(NC(=O)c1ccc2ncccc2c1)c1ncc(C(F)(F)F)cc1N. The number of phenolic OH excluding ortho intramolecular Hbond substituents is 1. The van der Waals surface area contributed by atoms with E-state index in [0.29, 0.717) is 17.3 Å². The van der Waals surface area contributed by atoms with Crippen molar-refractivity contribution in [2.45, 2.75) is 25.1 Å². The van der Waals surface area contributed by atoms with Gasteiger partial charge in [0, 0.05) is 29.8 Å². The molecule has 0 radical (unpaired) electrons. The molecule has 0 aliphatic heterocycles. The van der Waals surface area contributed by atoms with Crippen molar-refractivity contribution in [3.8, 4) is 5.75 Å². The molecule has 0 aliphatic rings. The number of anilines is 1. The molecule has 1 atom stereocenters. The molecule has 174 valence electrons. The van der Waals surface area contributed by atoms with E-state index in [2.05, 4.69) is 15.3 Å². The predicted octanol–water partition coefficient (Wildman–Crippen LogP) is 4.82. The summed E-state index contributed by atoms with van der Waals surface area (Å²) >= 11 is 0. The first-order chi connectivity index (χ1) is 16.0. The lowest BCUT2D eigenvalue weighted by Crippen LogP contribution is -2.46. The van der Waals surface area contributed by atoms with Crippen LogP contribution in [0.15, 0.2) is 73.1 Å². The predicted molar refractivity (Wildman–Crippen MR) is 122 cm³/mol. The Balaban J connectivity index is 1.74. The number of nitrogens with two attached hydrogens (primary N) is 1. The molecule has 2 aromatic heterocycles. The van der Waals surface area contributed by atoms with Gasteiger partial charge in [-0.3, -0.25) is 14.8 Å². The second-order valence-corrected chi connectivity index (χ2v) is 8.20. The lowest BCUT2D eigenvalue weighted by atomic mass is 9.87. The monoisotopic (exact) mass is 466 g/mol. The Bertz CT molecular complexity index is 1370. The van der Waals surface area contributed by atoms with Crippen LogP contribution in [0.25, 0.3) is 10.9 Å². The number of aromatic nitrogens is 2. The number of amides is 1. The quantitative estimate of drug-likeness (QED) is 0.391. The van der Waals surface area contributed by atoms with Gasteiger partial charge in [0.05, 0.1) is 28.0 Å². The third-order valence-corrected chi connectivity index (χ3v) is 5.49. The molecule has 1 unspecified atom stereocenters. The summed E-state index contributed by atoms with van der Waals surface area (Å²) in [6.07, 6.45) is -2.15. The largest absolute Gasteiger partial charge is 0.508 e. The number of hydrogen-bond donors (Lipinski definition) is 3. The van der Waals surface area contributed by atoms with Gasteiger partial charge >= 0.3 is 6.18 Å². The zero-order chi connectivity index (χ0) is 24.5. The number of nitrogen functional groups attached to an aromatic ring is 1. The molecule has 4 N–H and O–H groups in total. The van der Waals surface area contributed by atoms with Crippen LogP contribution in [0.3, 0.4) is 0 Å². The van der Waals surface area contributed by atoms with E-state index in [1.165, 1.54) is 12.1 Å². The maximum Gasteiger partial charge on any atom is 0.417 e. The van der Waals surface area contributed by atoms with Gasteiger partial charge in [-0.05, 0) is 55.0 Å². The van der Waals surface area contributed by atoms with Gasteiger partial charge in [-0.15, -0.1) is 0 Å². The first kappa shape index (κ1) is 23.0. The fourth-order valence-corrected chi connectivity index (χ4v) is 3.90. The highest BCUT2D eigenvalue weighted by molar-refractivity contribution is 5.98. The molecule has 0 saturated heterocycles. The van der Waals surface area contributed by atoms with E-state index in [1.807, 2.05) is 6.07 Å². The Morgan fingerprint density at radius 3 is 2.56 bits per heavy atom. The van der Waals surface area contributed by atoms with Gasteiger partial charge in [-0.1, -0.05) is 18.2 Å². The highest BCUT2D eigenvalue weighted by Gasteiger charge is 2.36. The Hall–Kier alpha value is -4.14. The van der Waals surface area contributed by atoms with Gasteiger partial charge in [-0.25, -0.2) is 0 Å². The van der Waals surface area contributed by atoms with Gasteiger partial charge < -0.3 is 16.2 Å². The number of benzene rings is 2. The van der Waals surface area contributed by atoms with Gasteiger partial charge in [0.25, 0.3) is 5.91 Å². The number of phenols is 1.